The third kappa shape index (κ3) is 5.35. The van der Waals surface area contributed by atoms with Crippen LogP contribution >= 0.6 is 12.2 Å². The van der Waals surface area contributed by atoms with Gasteiger partial charge in [0.05, 0.1) is 18.2 Å². The lowest BCUT2D eigenvalue weighted by atomic mass is 9.95. The highest BCUT2D eigenvalue weighted by Gasteiger charge is 2.33. The molecule has 0 bridgehead atoms. The Kier molecular flexibility index (Phi) is 6.12. The third-order valence-corrected chi connectivity index (χ3v) is 3.70. The Bertz CT molecular complexity index is 715. The van der Waals surface area contributed by atoms with Gasteiger partial charge in [-0.1, -0.05) is 26.0 Å². The maximum atomic E-state index is 12.5. The van der Waals surface area contributed by atoms with Crippen LogP contribution in [-0.2, 0) is 9.53 Å². The molecule has 1 heterocycles. The first-order chi connectivity index (χ1) is 12.1. The van der Waals surface area contributed by atoms with E-state index in [2.05, 4.69) is 15.4 Å². The number of hydrogen-bond acceptors (Lipinski definition) is 4. The Morgan fingerprint density at radius 3 is 2.42 bits per heavy atom. The van der Waals surface area contributed by atoms with Crippen LogP contribution in [0.4, 0.5) is 13.2 Å². The summed E-state index contributed by atoms with van der Waals surface area (Å²) in [5.74, 6) is -0.690. The lowest BCUT2D eigenvalue weighted by Gasteiger charge is -2.30. The molecule has 1 atom stereocenters. The number of esters is 1. The summed E-state index contributed by atoms with van der Waals surface area (Å²) in [6, 6.07) is 4.61. The van der Waals surface area contributed by atoms with Crippen molar-refractivity contribution in [3.63, 3.8) is 0 Å². The number of nitrogens with one attached hydrogen (secondary N) is 2. The molecular formula is C17H19F3N2O3S. The van der Waals surface area contributed by atoms with Crippen LogP contribution in [-0.4, -0.2) is 24.1 Å². The predicted molar refractivity (Wildman–Crippen MR) is 93.2 cm³/mol. The van der Waals surface area contributed by atoms with Crippen LogP contribution < -0.4 is 15.4 Å². The van der Waals surface area contributed by atoms with E-state index in [4.69, 9.17) is 17.0 Å². The molecule has 0 saturated heterocycles. The molecule has 26 heavy (non-hydrogen) atoms. The molecule has 9 heteroatoms. The minimum absolute atomic E-state index is 0.169. The second kappa shape index (κ2) is 7.94. The van der Waals surface area contributed by atoms with Crippen molar-refractivity contribution in [2.45, 2.75) is 33.2 Å². The molecule has 142 valence electrons. The zero-order chi connectivity index (χ0) is 19.5. The molecule has 0 spiro atoms. The average molecular weight is 388 g/mol. The van der Waals surface area contributed by atoms with Gasteiger partial charge in [0.1, 0.15) is 5.75 Å². The number of allylic oxidation sites excluding steroid dienone is 1. The molecule has 0 fully saturated rings. The van der Waals surface area contributed by atoms with Crippen molar-refractivity contribution in [2.75, 3.05) is 6.61 Å². The number of ether oxygens (including phenoxy) is 2. The normalized spacial score (nSPS) is 17.7. The first-order valence-corrected chi connectivity index (χ1v) is 8.28. The lowest BCUT2D eigenvalue weighted by molar-refractivity contribution is -0.274. The van der Waals surface area contributed by atoms with Gasteiger partial charge in [-0.15, -0.1) is 13.2 Å². The number of alkyl halides is 3. The molecule has 0 radical (unpaired) electrons. The standard InChI is InChI=1S/C17H19F3N2O3S/c1-9(2)8-24-15(23)13-10(3)21-16(26)22-14(13)11-4-6-12(7-5-11)25-17(18,19)20/h4-7,9,14H,8H2,1-3H3,(H2,21,22,26). The van der Waals surface area contributed by atoms with Gasteiger partial charge in [-0.05, 0) is 42.8 Å². The first kappa shape index (κ1) is 20.0. The lowest BCUT2D eigenvalue weighted by Crippen LogP contribution is -2.45. The van der Waals surface area contributed by atoms with Crippen LogP contribution in [0.5, 0.6) is 5.75 Å². The van der Waals surface area contributed by atoms with Crippen molar-refractivity contribution in [3.8, 4) is 5.75 Å². The summed E-state index contributed by atoms with van der Waals surface area (Å²) in [5, 5.41) is 6.12. The topological polar surface area (TPSA) is 59.6 Å². The largest absolute Gasteiger partial charge is 0.573 e. The number of halogens is 3. The summed E-state index contributed by atoms with van der Waals surface area (Å²) < 4.78 is 46.0. The van der Waals surface area contributed by atoms with Crippen LogP contribution in [0.2, 0.25) is 0 Å². The van der Waals surface area contributed by atoms with Crippen molar-refractivity contribution in [1.82, 2.24) is 10.6 Å². The van der Waals surface area contributed by atoms with Crippen LogP contribution in [0.1, 0.15) is 32.4 Å². The van der Waals surface area contributed by atoms with Crippen molar-refractivity contribution in [2.24, 2.45) is 5.92 Å². The molecule has 0 saturated carbocycles. The maximum Gasteiger partial charge on any atom is 0.573 e. The SMILES string of the molecule is CC1=C(C(=O)OCC(C)C)C(c2ccc(OC(F)(F)F)cc2)NC(=S)N1. The molecule has 1 aliphatic heterocycles. The fourth-order valence-corrected chi connectivity index (χ4v) is 2.67. The molecule has 2 N–H and O–H groups in total. The number of hydrogen-bond donors (Lipinski definition) is 2. The van der Waals surface area contributed by atoms with E-state index in [9.17, 15) is 18.0 Å². The summed E-state index contributed by atoms with van der Waals surface area (Å²) >= 11 is 5.12. The van der Waals surface area contributed by atoms with Gasteiger partial charge in [-0.25, -0.2) is 4.79 Å². The van der Waals surface area contributed by atoms with Gasteiger partial charge < -0.3 is 20.1 Å². The average Bonchev–Trinajstić information content (AvgIpc) is 2.51. The summed E-state index contributed by atoms with van der Waals surface area (Å²) in [6.45, 7) is 5.77. The Labute approximate surface area is 154 Å². The Morgan fingerprint density at radius 1 is 1.27 bits per heavy atom. The minimum Gasteiger partial charge on any atom is -0.462 e. The first-order valence-electron chi connectivity index (χ1n) is 7.88. The number of thiocarbonyl (C=S) groups is 1. The molecule has 5 nitrogen and oxygen atoms in total. The molecule has 1 aliphatic rings. The summed E-state index contributed by atoms with van der Waals surface area (Å²) in [4.78, 5) is 12.5. The second-order valence-corrected chi connectivity index (χ2v) is 6.59. The molecule has 0 aliphatic carbocycles. The van der Waals surface area contributed by atoms with E-state index in [1.54, 1.807) is 6.92 Å². The highest BCUT2D eigenvalue weighted by molar-refractivity contribution is 7.80. The van der Waals surface area contributed by atoms with E-state index >= 15 is 0 Å². The van der Waals surface area contributed by atoms with Crippen LogP contribution in [0.15, 0.2) is 35.5 Å². The molecule has 0 aromatic heterocycles. The third-order valence-electron chi connectivity index (χ3n) is 3.48. The van der Waals surface area contributed by atoms with Crippen molar-refractivity contribution in [3.05, 3.63) is 41.1 Å². The molecule has 1 aromatic rings. The van der Waals surface area contributed by atoms with Crippen LogP contribution in [0.3, 0.4) is 0 Å². The highest BCUT2D eigenvalue weighted by Crippen LogP contribution is 2.30. The Hall–Kier alpha value is -2.29. The van der Waals surface area contributed by atoms with Crippen molar-refractivity contribution < 1.29 is 27.4 Å². The van der Waals surface area contributed by atoms with E-state index in [-0.39, 0.29) is 18.3 Å². The van der Waals surface area contributed by atoms with E-state index in [0.29, 0.717) is 21.9 Å². The van der Waals surface area contributed by atoms with Gasteiger partial charge in [0, 0.05) is 5.70 Å². The van der Waals surface area contributed by atoms with Gasteiger partial charge >= 0.3 is 12.3 Å². The quantitative estimate of drug-likeness (QED) is 0.594. The van der Waals surface area contributed by atoms with Gasteiger partial charge in [-0.2, -0.15) is 0 Å². The Balaban J connectivity index is 2.27. The highest BCUT2D eigenvalue weighted by atomic mass is 32.1. The van der Waals surface area contributed by atoms with Crippen LogP contribution in [0.25, 0.3) is 0 Å². The minimum atomic E-state index is -4.77. The van der Waals surface area contributed by atoms with Gasteiger partial charge in [0.15, 0.2) is 5.11 Å². The molecule has 1 unspecified atom stereocenters. The number of benzene rings is 1. The van der Waals surface area contributed by atoms with Crippen molar-refractivity contribution in [1.29, 1.82) is 0 Å². The van der Waals surface area contributed by atoms with Gasteiger partial charge in [0.2, 0.25) is 0 Å². The van der Waals surface area contributed by atoms with E-state index < -0.39 is 18.4 Å². The van der Waals surface area contributed by atoms with Crippen molar-refractivity contribution >= 4 is 23.3 Å². The number of carbonyl (C=O) groups excluding carboxylic acids is 1. The van der Waals surface area contributed by atoms with Gasteiger partial charge in [0.25, 0.3) is 0 Å². The molecular weight excluding hydrogens is 369 g/mol. The monoisotopic (exact) mass is 388 g/mol. The predicted octanol–water partition coefficient (Wildman–Crippen LogP) is 3.58. The molecule has 1 aromatic carbocycles. The zero-order valence-corrected chi connectivity index (χ0v) is 15.3. The summed E-state index contributed by atoms with van der Waals surface area (Å²) in [6.07, 6.45) is -4.77. The number of rotatable bonds is 5. The maximum absolute atomic E-state index is 12.5. The fraction of sp³-hybridized carbons (Fsp3) is 0.412. The molecule has 2 rings (SSSR count). The number of carbonyl (C=O) groups is 1. The van der Waals surface area contributed by atoms with E-state index in [1.807, 2.05) is 13.8 Å². The van der Waals surface area contributed by atoms with Crippen LogP contribution in [0, 0.1) is 5.92 Å². The summed E-state index contributed by atoms with van der Waals surface area (Å²) in [7, 11) is 0. The fourth-order valence-electron chi connectivity index (χ4n) is 2.40. The smallest absolute Gasteiger partial charge is 0.462 e. The van der Waals surface area contributed by atoms with E-state index in [0.717, 1.165) is 0 Å². The Morgan fingerprint density at radius 2 is 1.88 bits per heavy atom. The van der Waals surface area contributed by atoms with E-state index in [1.165, 1.54) is 24.3 Å². The summed E-state index contributed by atoms with van der Waals surface area (Å²) in [5.41, 5.74) is 1.41. The zero-order valence-electron chi connectivity index (χ0n) is 14.4. The molecule has 0 amide bonds. The van der Waals surface area contributed by atoms with Gasteiger partial charge in [-0.3, -0.25) is 0 Å². The second-order valence-electron chi connectivity index (χ2n) is 6.18.